The zero-order valence-corrected chi connectivity index (χ0v) is 19.7. The molecule has 10 heteroatoms. The molecule has 10 nitrogen and oxygen atoms in total. The molecule has 1 heterocycles. The van der Waals surface area contributed by atoms with E-state index < -0.39 is 71.7 Å². The quantitative estimate of drug-likeness (QED) is 0.377. The first-order valence-corrected chi connectivity index (χ1v) is 11.9. The van der Waals surface area contributed by atoms with Crippen LogP contribution in [-0.2, 0) is 23.7 Å². The van der Waals surface area contributed by atoms with Gasteiger partial charge in [0.15, 0.2) is 6.29 Å². The molecule has 4 aliphatic carbocycles. The van der Waals surface area contributed by atoms with Crippen LogP contribution in [0.2, 0.25) is 0 Å². The summed E-state index contributed by atoms with van der Waals surface area (Å²) in [5, 5.41) is 40.7. The van der Waals surface area contributed by atoms with Crippen LogP contribution in [-0.4, -0.2) is 94.9 Å². The summed E-state index contributed by atoms with van der Waals surface area (Å²) in [4.78, 5) is 25.9. The van der Waals surface area contributed by atoms with E-state index >= 15 is 0 Å². The molecule has 4 N–H and O–H groups in total. The minimum absolute atomic E-state index is 0.0436. The molecule has 192 valence electrons. The number of ether oxygens (including phenoxy) is 4. The second-order valence-corrected chi connectivity index (χ2v) is 10.5. The Morgan fingerprint density at radius 1 is 1.11 bits per heavy atom. The number of aliphatic hydroxyl groups is 4. The molecule has 1 saturated heterocycles. The minimum atomic E-state index is -1.60. The summed E-state index contributed by atoms with van der Waals surface area (Å²) in [5.74, 6) is -0.970. The van der Waals surface area contributed by atoms with Gasteiger partial charge in [-0.3, -0.25) is 4.79 Å². The SMILES string of the molecule is COC1C[C@@]2(C)CC(=O)[C@@H]3C[C@]2(O[C@@H]2O[C@H](CO)[C@@H](O)[C@H](O)[C@H]2O)[C@]13COC(=O)c1ccccc1. The van der Waals surface area contributed by atoms with Crippen LogP contribution < -0.4 is 0 Å². The molecule has 1 aliphatic heterocycles. The lowest BCUT2D eigenvalue weighted by Gasteiger charge is -2.68. The predicted molar refractivity (Wildman–Crippen MR) is 118 cm³/mol. The first-order chi connectivity index (χ1) is 16.6. The van der Waals surface area contributed by atoms with Crippen molar-refractivity contribution in [1.82, 2.24) is 0 Å². The maximum atomic E-state index is 13.1. The summed E-state index contributed by atoms with van der Waals surface area (Å²) in [6.45, 7) is 1.19. The number of fused-ring (bicyclic) bond motifs is 1. The molecule has 0 spiro atoms. The summed E-state index contributed by atoms with van der Waals surface area (Å²) in [6.07, 6.45) is -6.67. The van der Waals surface area contributed by atoms with Crippen molar-refractivity contribution in [2.24, 2.45) is 16.7 Å². The number of Topliss-reactive ketones (excluding diaryl/α,β-unsaturated/α-hetero) is 1. The summed E-state index contributed by atoms with van der Waals surface area (Å²) >= 11 is 0. The van der Waals surface area contributed by atoms with Crippen LogP contribution in [0.1, 0.15) is 36.5 Å². The van der Waals surface area contributed by atoms with Crippen LogP contribution >= 0.6 is 0 Å². The van der Waals surface area contributed by atoms with E-state index in [4.69, 9.17) is 18.9 Å². The summed E-state index contributed by atoms with van der Waals surface area (Å²) in [7, 11) is 1.54. The normalized spacial score (nSPS) is 46.2. The van der Waals surface area contributed by atoms with E-state index in [1.807, 2.05) is 6.92 Å². The van der Waals surface area contributed by atoms with Gasteiger partial charge < -0.3 is 39.4 Å². The lowest BCUT2D eigenvalue weighted by molar-refractivity contribution is -0.389. The third kappa shape index (κ3) is 3.28. The molecule has 0 aromatic heterocycles. The number of carbonyl (C=O) groups excluding carboxylic acids is 2. The second kappa shape index (κ2) is 8.58. The molecule has 6 rings (SSSR count). The molecule has 4 saturated carbocycles. The highest BCUT2D eigenvalue weighted by Crippen LogP contribution is 2.77. The number of carbonyl (C=O) groups is 2. The molecule has 10 atom stereocenters. The average Bonchev–Trinajstić information content (AvgIpc) is 2.93. The standard InChI is InChI=1S/C25H32O10/c1-23-9-15(27)14-8-25(23,35-22-20(30)19(29)18(28)16(11-26)34-22)24(14,17(10-23)32-2)12-33-21(31)13-6-4-3-5-7-13/h3-7,14,16-20,22,26,28-30H,8-12H2,1-2H3/t14-,16+,17?,18+,19-,20+,22-,23+,24-,25+/m0/s1. The Morgan fingerprint density at radius 2 is 1.83 bits per heavy atom. The lowest BCUT2D eigenvalue weighted by Crippen LogP contribution is -2.78. The highest BCUT2D eigenvalue weighted by atomic mass is 16.7. The van der Waals surface area contributed by atoms with Crippen LogP contribution in [0.15, 0.2) is 30.3 Å². The van der Waals surface area contributed by atoms with E-state index in [2.05, 4.69) is 0 Å². The summed E-state index contributed by atoms with van der Waals surface area (Å²) in [5.41, 5.74) is -2.42. The molecule has 1 aromatic rings. The second-order valence-electron chi connectivity index (χ2n) is 10.5. The fourth-order valence-electron chi connectivity index (χ4n) is 7.09. The van der Waals surface area contributed by atoms with Gasteiger partial charge in [-0.15, -0.1) is 0 Å². The van der Waals surface area contributed by atoms with Crippen LogP contribution in [0.25, 0.3) is 0 Å². The van der Waals surface area contributed by atoms with Crippen molar-refractivity contribution in [3.63, 3.8) is 0 Å². The Balaban J connectivity index is 1.49. The number of aliphatic hydroxyl groups excluding tert-OH is 4. The van der Waals surface area contributed by atoms with Crippen molar-refractivity contribution in [3.05, 3.63) is 35.9 Å². The lowest BCUT2D eigenvalue weighted by atomic mass is 9.40. The molecule has 0 amide bonds. The fraction of sp³-hybridized carbons (Fsp3) is 0.680. The van der Waals surface area contributed by atoms with Gasteiger partial charge >= 0.3 is 5.97 Å². The smallest absolute Gasteiger partial charge is 0.338 e. The van der Waals surface area contributed by atoms with Crippen LogP contribution in [0, 0.1) is 16.7 Å². The third-order valence-electron chi connectivity index (χ3n) is 8.91. The van der Waals surface area contributed by atoms with Gasteiger partial charge in [0.1, 0.15) is 36.8 Å². The van der Waals surface area contributed by atoms with Crippen molar-refractivity contribution in [2.75, 3.05) is 20.3 Å². The predicted octanol–water partition coefficient (Wildman–Crippen LogP) is -0.197. The van der Waals surface area contributed by atoms with Gasteiger partial charge in [-0.1, -0.05) is 25.1 Å². The van der Waals surface area contributed by atoms with Gasteiger partial charge in [0, 0.05) is 24.9 Å². The first kappa shape index (κ1) is 24.8. The highest BCUT2D eigenvalue weighted by molar-refractivity contribution is 5.90. The fourth-order valence-corrected chi connectivity index (χ4v) is 7.09. The molecule has 5 fully saturated rings. The molecule has 1 aromatic carbocycles. The number of methoxy groups -OCH3 is 1. The van der Waals surface area contributed by atoms with Gasteiger partial charge in [-0.2, -0.15) is 0 Å². The van der Waals surface area contributed by atoms with Crippen molar-refractivity contribution in [3.8, 4) is 0 Å². The van der Waals surface area contributed by atoms with Crippen LogP contribution in [0.3, 0.4) is 0 Å². The number of rotatable bonds is 7. The Kier molecular flexibility index (Phi) is 6.07. The molecular weight excluding hydrogens is 460 g/mol. The van der Waals surface area contributed by atoms with Gasteiger partial charge in [0.2, 0.25) is 0 Å². The van der Waals surface area contributed by atoms with E-state index in [-0.39, 0.29) is 18.8 Å². The highest BCUT2D eigenvalue weighted by Gasteiger charge is 2.86. The van der Waals surface area contributed by atoms with Gasteiger partial charge in [-0.05, 0) is 25.0 Å². The molecule has 4 bridgehead atoms. The maximum Gasteiger partial charge on any atom is 0.338 e. The van der Waals surface area contributed by atoms with E-state index in [0.717, 1.165) is 0 Å². The number of ketones is 1. The molecule has 35 heavy (non-hydrogen) atoms. The Bertz CT molecular complexity index is 984. The van der Waals surface area contributed by atoms with E-state index in [1.165, 1.54) is 0 Å². The topological polar surface area (TPSA) is 152 Å². The van der Waals surface area contributed by atoms with Crippen molar-refractivity contribution in [1.29, 1.82) is 0 Å². The van der Waals surface area contributed by atoms with Gasteiger partial charge in [0.25, 0.3) is 0 Å². The van der Waals surface area contributed by atoms with Crippen LogP contribution in [0.5, 0.6) is 0 Å². The molecule has 1 unspecified atom stereocenters. The number of benzene rings is 1. The largest absolute Gasteiger partial charge is 0.461 e. The van der Waals surface area contributed by atoms with E-state index in [9.17, 15) is 30.0 Å². The van der Waals surface area contributed by atoms with E-state index in [0.29, 0.717) is 18.4 Å². The Morgan fingerprint density at radius 3 is 2.49 bits per heavy atom. The summed E-state index contributed by atoms with van der Waals surface area (Å²) < 4.78 is 23.7. The minimum Gasteiger partial charge on any atom is -0.461 e. The molecule has 0 radical (unpaired) electrons. The first-order valence-electron chi connectivity index (χ1n) is 11.9. The van der Waals surface area contributed by atoms with E-state index in [1.54, 1.807) is 37.4 Å². The van der Waals surface area contributed by atoms with Crippen molar-refractivity contribution >= 4 is 11.8 Å². The van der Waals surface area contributed by atoms with Gasteiger partial charge in [0.05, 0.1) is 29.3 Å². The Labute approximate surface area is 202 Å². The third-order valence-corrected chi connectivity index (χ3v) is 8.91. The zero-order chi connectivity index (χ0) is 25.2. The average molecular weight is 493 g/mol. The number of hydrogen-bond donors (Lipinski definition) is 4. The van der Waals surface area contributed by atoms with Gasteiger partial charge in [-0.25, -0.2) is 4.79 Å². The van der Waals surface area contributed by atoms with Crippen molar-refractivity contribution in [2.45, 2.75) is 68.6 Å². The number of esters is 1. The molecule has 5 aliphatic rings. The van der Waals surface area contributed by atoms with Crippen LogP contribution in [0.4, 0.5) is 0 Å². The Hall–Kier alpha value is -1.92. The summed E-state index contributed by atoms with van der Waals surface area (Å²) in [6, 6.07) is 8.52. The number of hydrogen-bond acceptors (Lipinski definition) is 10. The zero-order valence-electron chi connectivity index (χ0n) is 19.7. The molecular formula is C25H32O10. The monoisotopic (exact) mass is 492 g/mol. The van der Waals surface area contributed by atoms with Crippen molar-refractivity contribution < 1.29 is 49.0 Å². The maximum absolute atomic E-state index is 13.1.